The van der Waals surface area contributed by atoms with E-state index in [2.05, 4.69) is 4.98 Å². The lowest BCUT2D eigenvalue weighted by atomic mass is 9.96. The highest BCUT2D eigenvalue weighted by Gasteiger charge is 2.30. The van der Waals surface area contributed by atoms with Gasteiger partial charge in [-0.1, -0.05) is 11.6 Å². The van der Waals surface area contributed by atoms with Gasteiger partial charge in [0.1, 0.15) is 11.6 Å². The fraction of sp³-hybridized carbons (Fsp3) is 0.346. The number of rotatable bonds is 6. The summed E-state index contributed by atoms with van der Waals surface area (Å²) in [5.74, 6) is -0.349. The minimum absolute atomic E-state index is 0.123. The Hall–Kier alpha value is -3.19. The first kappa shape index (κ1) is 24.0. The lowest BCUT2D eigenvalue weighted by Crippen LogP contribution is -2.45. The van der Waals surface area contributed by atoms with Crippen molar-refractivity contribution in [2.45, 2.75) is 32.8 Å². The standard InChI is InChI=1S/C26H26ClFN2O4/c1-3-33-26(32)17-9-12-30(13-10-17)25(31)16(2)34-19-5-7-22-20(8-11-29-24(22)15-19)21-6-4-18(28)14-23(21)27/h4-8,11,14-17H,3,9-10,12-13H2,1-2H3. The Labute approximate surface area is 202 Å². The Morgan fingerprint density at radius 2 is 1.91 bits per heavy atom. The average molecular weight is 485 g/mol. The van der Waals surface area contributed by atoms with E-state index in [1.807, 2.05) is 12.1 Å². The lowest BCUT2D eigenvalue weighted by Gasteiger charge is -2.32. The van der Waals surface area contributed by atoms with E-state index in [9.17, 15) is 14.0 Å². The first-order valence-corrected chi connectivity index (χ1v) is 11.7. The predicted molar refractivity (Wildman–Crippen MR) is 128 cm³/mol. The Morgan fingerprint density at radius 1 is 1.15 bits per heavy atom. The Balaban J connectivity index is 1.45. The monoisotopic (exact) mass is 484 g/mol. The molecule has 0 spiro atoms. The molecule has 178 valence electrons. The number of likely N-dealkylation sites (tertiary alicyclic amines) is 1. The number of benzene rings is 2. The molecule has 0 N–H and O–H groups in total. The number of piperidine rings is 1. The van der Waals surface area contributed by atoms with E-state index in [1.54, 1.807) is 43.1 Å². The number of pyridine rings is 1. The Bertz CT molecular complexity index is 1210. The quantitative estimate of drug-likeness (QED) is 0.446. The summed E-state index contributed by atoms with van der Waals surface area (Å²) in [6.07, 6.45) is 2.15. The van der Waals surface area contributed by atoms with E-state index in [0.717, 1.165) is 10.9 Å². The molecule has 1 aromatic heterocycles. The first-order valence-electron chi connectivity index (χ1n) is 11.3. The second kappa shape index (κ2) is 10.4. The van der Waals surface area contributed by atoms with Crippen LogP contribution in [0.3, 0.4) is 0 Å². The zero-order valence-corrected chi connectivity index (χ0v) is 19.8. The molecule has 2 aromatic carbocycles. The van der Waals surface area contributed by atoms with Gasteiger partial charge in [-0.05, 0) is 68.7 Å². The number of fused-ring (bicyclic) bond motifs is 1. The van der Waals surface area contributed by atoms with Gasteiger partial charge in [-0.3, -0.25) is 14.6 Å². The minimum Gasteiger partial charge on any atom is -0.481 e. The Morgan fingerprint density at radius 3 is 2.62 bits per heavy atom. The van der Waals surface area contributed by atoms with Crippen molar-refractivity contribution in [3.63, 3.8) is 0 Å². The van der Waals surface area contributed by atoms with Crippen LogP contribution < -0.4 is 4.74 Å². The summed E-state index contributed by atoms with van der Waals surface area (Å²) in [7, 11) is 0. The molecule has 0 aliphatic carbocycles. The normalized spacial score (nSPS) is 15.2. The molecule has 34 heavy (non-hydrogen) atoms. The van der Waals surface area contributed by atoms with Crippen LogP contribution in [0.1, 0.15) is 26.7 Å². The van der Waals surface area contributed by atoms with E-state index >= 15 is 0 Å². The summed E-state index contributed by atoms with van der Waals surface area (Å²) in [5, 5.41) is 1.15. The molecule has 1 fully saturated rings. The molecule has 1 saturated heterocycles. The van der Waals surface area contributed by atoms with E-state index < -0.39 is 11.9 Å². The number of carbonyl (C=O) groups is 2. The number of amides is 1. The number of aromatic nitrogens is 1. The van der Waals surface area contributed by atoms with Gasteiger partial charge in [0.2, 0.25) is 0 Å². The summed E-state index contributed by atoms with van der Waals surface area (Å²) >= 11 is 6.26. The number of carbonyl (C=O) groups excluding carboxylic acids is 2. The summed E-state index contributed by atoms with van der Waals surface area (Å²) in [4.78, 5) is 31.0. The molecule has 8 heteroatoms. The third-order valence-corrected chi connectivity index (χ3v) is 6.34. The second-order valence-corrected chi connectivity index (χ2v) is 8.68. The molecule has 0 radical (unpaired) electrons. The fourth-order valence-electron chi connectivity index (χ4n) is 4.25. The zero-order valence-electron chi connectivity index (χ0n) is 19.1. The highest BCUT2D eigenvalue weighted by molar-refractivity contribution is 6.33. The molecule has 2 heterocycles. The van der Waals surface area contributed by atoms with Crippen molar-refractivity contribution >= 4 is 34.4 Å². The van der Waals surface area contributed by atoms with Crippen LogP contribution in [0.2, 0.25) is 5.02 Å². The highest BCUT2D eigenvalue weighted by Crippen LogP contribution is 2.34. The second-order valence-electron chi connectivity index (χ2n) is 8.27. The predicted octanol–water partition coefficient (Wildman–Crippen LogP) is 5.26. The van der Waals surface area contributed by atoms with Crippen molar-refractivity contribution in [3.8, 4) is 16.9 Å². The van der Waals surface area contributed by atoms with Gasteiger partial charge in [-0.25, -0.2) is 4.39 Å². The first-order chi connectivity index (χ1) is 16.4. The van der Waals surface area contributed by atoms with Gasteiger partial charge in [-0.15, -0.1) is 0 Å². The van der Waals surface area contributed by atoms with Gasteiger partial charge in [0.15, 0.2) is 6.10 Å². The third kappa shape index (κ3) is 5.14. The van der Waals surface area contributed by atoms with Crippen molar-refractivity contribution in [2.24, 2.45) is 5.92 Å². The number of hydrogen-bond acceptors (Lipinski definition) is 5. The highest BCUT2D eigenvalue weighted by atomic mass is 35.5. The van der Waals surface area contributed by atoms with E-state index in [-0.39, 0.29) is 17.8 Å². The van der Waals surface area contributed by atoms with Gasteiger partial charge in [0, 0.05) is 36.3 Å². The van der Waals surface area contributed by atoms with Crippen molar-refractivity contribution in [1.29, 1.82) is 0 Å². The molecule has 1 atom stereocenters. The molecular formula is C26H26ClFN2O4. The SMILES string of the molecule is CCOC(=O)C1CCN(C(=O)C(C)Oc2ccc3c(-c4ccc(F)cc4Cl)ccnc3c2)CC1. The van der Waals surface area contributed by atoms with Gasteiger partial charge in [0.25, 0.3) is 5.91 Å². The van der Waals surface area contributed by atoms with Crippen LogP contribution in [0.4, 0.5) is 4.39 Å². The van der Waals surface area contributed by atoms with E-state index in [4.69, 9.17) is 21.1 Å². The fourth-order valence-corrected chi connectivity index (χ4v) is 4.52. The van der Waals surface area contributed by atoms with Crippen LogP contribution in [0.25, 0.3) is 22.0 Å². The molecule has 3 aromatic rings. The van der Waals surface area contributed by atoms with Gasteiger partial charge < -0.3 is 14.4 Å². The number of ether oxygens (including phenoxy) is 2. The smallest absolute Gasteiger partial charge is 0.309 e. The molecular weight excluding hydrogens is 459 g/mol. The topological polar surface area (TPSA) is 68.7 Å². The van der Waals surface area contributed by atoms with E-state index in [1.165, 1.54) is 12.1 Å². The van der Waals surface area contributed by atoms with Crippen LogP contribution >= 0.6 is 11.6 Å². The average Bonchev–Trinajstić information content (AvgIpc) is 2.83. The van der Waals surface area contributed by atoms with Gasteiger partial charge in [-0.2, -0.15) is 0 Å². The van der Waals surface area contributed by atoms with Crippen LogP contribution in [-0.2, 0) is 14.3 Å². The van der Waals surface area contributed by atoms with Crippen LogP contribution in [0, 0.1) is 11.7 Å². The summed E-state index contributed by atoms with van der Waals surface area (Å²) in [6.45, 7) is 4.86. The van der Waals surface area contributed by atoms with Crippen molar-refractivity contribution in [1.82, 2.24) is 9.88 Å². The maximum Gasteiger partial charge on any atom is 0.309 e. The van der Waals surface area contributed by atoms with Crippen LogP contribution in [0.5, 0.6) is 5.75 Å². The number of hydrogen-bond donors (Lipinski definition) is 0. The molecule has 4 rings (SSSR count). The largest absolute Gasteiger partial charge is 0.481 e. The molecule has 1 amide bonds. The number of esters is 1. The van der Waals surface area contributed by atoms with Crippen molar-refractivity contribution in [3.05, 3.63) is 59.5 Å². The maximum absolute atomic E-state index is 13.5. The summed E-state index contributed by atoms with van der Waals surface area (Å²) in [6, 6.07) is 11.5. The van der Waals surface area contributed by atoms with E-state index in [0.29, 0.717) is 54.4 Å². The van der Waals surface area contributed by atoms with Crippen molar-refractivity contribution in [2.75, 3.05) is 19.7 Å². The number of nitrogens with zero attached hydrogens (tertiary/aromatic N) is 2. The van der Waals surface area contributed by atoms with Gasteiger partial charge >= 0.3 is 5.97 Å². The van der Waals surface area contributed by atoms with Gasteiger partial charge in [0.05, 0.1) is 23.1 Å². The Kier molecular flexibility index (Phi) is 7.32. The van der Waals surface area contributed by atoms with Crippen LogP contribution in [-0.4, -0.2) is 47.6 Å². The summed E-state index contributed by atoms with van der Waals surface area (Å²) < 4.78 is 24.5. The molecule has 1 aliphatic heterocycles. The third-order valence-electron chi connectivity index (χ3n) is 6.02. The molecule has 1 aliphatic rings. The lowest BCUT2D eigenvalue weighted by molar-refractivity contribution is -0.152. The van der Waals surface area contributed by atoms with Crippen LogP contribution in [0.15, 0.2) is 48.7 Å². The minimum atomic E-state index is -0.689. The maximum atomic E-state index is 13.5. The molecule has 0 saturated carbocycles. The number of halogens is 2. The molecule has 6 nitrogen and oxygen atoms in total. The zero-order chi connectivity index (χ0) is 24.2. The molecule has 1 unspecified atom stereocenters. The summed E-state index contributed by atoms with van der Waals surface area (Å²) in [5.41, 5.74) is 2.21. The molecule has 0 bridgehead atoms. The van der Waals surface area contributed by atoms with Crippen molar-refractivity contribution < 1.29 is 23.5 Å².